The summed E-state index contributed by atoms with van der Waals surface area (Å²) in [7, 11) is -3.39. The minimum Gasteiger partial charge on any atom is -0.322 e. The van der Waals surface area contributed by atoms with Gasteiger partial charge in [-0.05, 0) is 36.8 Å². The number of imidazole rings is 1. The maximum absolute atomic E-state index is 12.5. The van der Waals surface area contributed by atoms with E-state index in [1.165, 1.54) is 6.07 Å². The van der Waals surface area contributed by atoms with Crippen LogP contribution in [0.4, 0.5) is 5.69 Å². The van der Waals surface area contributed by atoms with Gasteiger partial charge in [-0.1, -0.05) is 18.2 Å². The van der Waals surface area contributed by atoms with Crippen LogP contribution in [0, 0.1) is 6.92 Å². The number of carbonyl (C=O) groups is 1. The Hall–Kier alpha value is -2.97. The average Bonchev–Trinajstić information content (AvgIpc) is 3.23. The van der Waals surface area contributed by atoms with E-state index in [0.717, 1.165) is 22.5 Å². The summed E-state index contributed by atoms with van der Waals surface area (Å²) in [6.45, 7) is 1.71. The van der Waals surface area contributed by atoms with E-state index in [4.69, 9.17) is 0 Å². The minimum atomic E-state index is -3.39. The average molecular weight is 412 g/mol. The number of carbonyl (C=O) groups excluding carboxylic acids is 1. The van der Waals surface area contributed by atoms with Crippen LogP contribution in [0.1, 0.15) is 15.9 Å². The van der Waals surface area contributed by atoms with Crippen molar-refractivity contribution in [3.8, 4) is 11.3 Å². The largest absolute Gasteiger partial charge is 0.322 e. The van der Waals surface area contributed by atoms with E-state index in [-0.39, 0.29) is 10.8 Å². The molecule has 6 nitrogen and oxygen atoms in total. The van der Waals surface area contributed by atoms with Gasteiger partial charge in [0.1, 0.15) is 0 Å². The van der Waals surface area contributed by atoms with Gasteiger partial charge in [0, 0.05) is 40.8 Å². The van der Waals surface area contributed by atoms with Gasteiger partial charge in [-0.15, -0.1) is 11.3 Å². The van der Waals surface area contributed by atoms with Crippen molar-refractivity contribution in [1.29, 1.82) is 0 Å². The van der Waals surface area contributed by atoms with Crippen molar-refractivity contribution in [2.45, 2.75) is 11.8 Å². The fraction of sp³-hybridized carbons (Fsp3) is 0.100. The molecule has 1 amide bonds. The van der Waals surface area contributed by atoms with E-state index in [1.54, 1.807) is 42.5 Å². The molecule has 0 spiro atoms. The number of nitrogens with one attached hydrogen (secondary N) is 1. The summed E-state index contributed by atoms with van der Waals surface area (Å²) in [5.41, 5.74) is 3.34. The molecule has 0 saturated carbocycles. The van der Waals surface area contributed by atoms with Crippen LogP contribution >= 0.6 is 11.3 Å². The lowest BCUT2D eigenvalue weighted by Gasteiger charge is -2.09. The summed E-state index contributed by atoms with van der Waals surface area (Å²) < 4.78 is 25.7. The SMILES string of the molecule is Cc1ccc(C(=O)Nc2ccc(-c3cn4ccsc4n3)cc2)cc1S(C)(=O)=O. The summed E-state index contributed by atoms with van der Waals surface area (Å²) in [4.78, 5) is 18.2. The van der Waals surface area contributed by atoms with Gasteiger partial charge in [-0.3, -0.25) is 9.20 Å². The number of hydrogen-bond donors (Lipinski definition) is 1. The van der Waals surface area contributed by atoms with E-state index >= 15 is 0 Å². The molecule has 0 atom stereocenters. The first-order valence-electron chi connectivity index (χ1n) is 8.46. The van der Waals surface area contributed by atoms with Crippen LogP contribution in [0.15, 0.2) is 65.1 Å². The van der Waals surface area contributed by atoms with Crippen molar-refractivity contribution in [3.63, 3.8) is 0 Å². The summed E-state index contributed by atoms with van der Waals surface area (Å²) in [6, 6.07) is 12.0. The summed E-state index contributed by atoms with van der Waals surface area (Å²) in [5.74, 6) is -0.361. The van der Waals surface area contributed by atoms with Gasteiger partial charge < -0.3 is 5.32 Å². The third-order valence-electron chi connectivity index (χ3n) is 4.38. The zero-order valence-corrected chi connectivity index (χ0v) is 16.8. The number of thiazole rings is 1. The van der Waals surface area contributed by atoms with Crippen LogP contribution in [-0.2, 0) is 9.84 Å². The highest BCUT2D eigenvalue weighted by atomic mass is 32.2. The predicted octanol–water partition coefficient (Wildman–Crippen LogP) is 4.03. The number of aromatic nitrogens is 2. The molecule has 2 aromatic carbocycles. The molecule has 142 valence electrons. The summed E-state index contributed by atoms with van der Waals surface area (Å²) >= 11 is 1.57. The second-order valence-electron chi connectivity index (χ2n) is 6.50. The Morgan fingerprint density at radius 2 is 1.89 bits per heavy atom. The molecule has 4 aromatic rings. The molecule has 0 aliphatic heterocycles. The first-order chi connectivity index (χ1) is 13.3. The standard InChI is InChI=1S/C20H17N3O3S2/c1-13-3-4-15(11-18(13)28(2,25)26)19(24)21-16-7-5-14(6-8-16)17-12-23-9-10-27-20(23)22-17/h3-12H,1-2H3,(H,21,24). The van der Waals surface area contributed by atoms with Crippen LogP contribution in [-0.4, -0.2) is 30.0 Å². The first kappa shape index (κ1) is 18.4. The molecule has 8 heteroatoms. The normalized spacial score (nSPS) is 11.6. The number of anilines is 1. The molecule has 2 aromatic heterocycles. The minimum absolute atomic E-state index is 0.162. The maximum atomic E-state index is 12.5. The van der Waals surface area contributed by atoms with Crippen LogP contribution in [0.3, 0.4) is 0 Å². The van der Waals surface area contributed by atoms with Crippen LogP contribution in [0.25, 0.3) is 16.2 Å². The predicted molar refractivity (Wildman–Crippen MR) is 111 cm³/mol. The molecule has 0 saturated heterocycles. The van der Waals surface area contributed by atoms with Gasteiger partial charge >= 0.3 is 0 Å². The highest BCUT2D eigenvalue weighted by Gasteiger charge is 2.15. The van der Waals surface area contributed by atoms with Gasteiger partial charge in [0.2, 0.25) is 0 Å². The number of hydrogen-bond acceptors (Lipinski definition) is 5. The van der Waals surface area contributed by atoms with Crippen molar-refractivity contribution >= 4 is 37.7 Å². The van der Waals surface area contributed by atoms with Gasteiger partial charge in [0.25, 0.3) is 5.91 Å². The lowest BCUT2D eigenvalue weighted by atomic mass is 10.1. The molecule has 0 radical (unpaired) electrons. The molecular weight excluding hydrogens is 394 g/mol. The number of sulfone groups is 1. The molecule has 0 fully saturated rings. The molecule has 0 aliphatic carbocycles. The Bertz CT molecular complexity index is 1260. The Morgan fingerprint density at radius 3 is 2.57 bits per heavy atom. The second kappa shape index (κ2) is 6.88. The van der Waals surface area contributed by atoms with Crippen molar-refractivity contribution in [1.82, 2.24) is 9.38 Å². The monoisotopic (exact) mass is 411 g/mol. The number of aryl methyl sites for hydroxylation is 1. The fourth-order valence-electron chi connectivity index (χ4n) is 2.93. The number of fused-ring (bicyclic) bond motifs is 1. The Morgan fingerprint density at radius 1 is 1.14 bits per heavy atom. The number of nitrogens with zero attached hydrogens (tertiary/aromatic N) is 2. The van der Waals surface area contributed by atoms with E-state index in [9.17, 15) is 13.2 Å². The van der Waals surface area contributed by atoms with Crippen LogP contribution in [0.5, 0.6) is 0 Å². The Balaban J connectivity index is 1.54. The fourth-order valence-corrected chi connectivity index (χ4v) is 4.63. The third-order valence-corrected chi connectivity index (χ3v) is 6.39. The van der Waals surface area contributed by atoms with Crippen LogP contribution < -0.4 is 5.32 Å². The topological polar surface area (TPSA) is 80.5 Å². The van der Waals surface area contributed by atoms with Gasteiger partial charge in [-0.25, -0.2) is 13.4 Å². The van der Waals surface area contributed by atoms with Gasteiger partial charge in [-0.2, -0.15) is 0 Å². The van der Waals surface area contributed by atoms with E-state index < -0.39 is 9.84 Å². The number of rotatable bonds is 4. The van der Waals surface area contributed by atoms with E-state index in [1.807, 2.05) is 34.3 Å². The highest BCUT2D eigenvalue weighted by Crippen LogP contribution is 2.24. The molecule has 0 aliphatic rings. The third kappa shape index (κ3) is 3.56. The summed E-state index contributed by atoms with van der Waals surface area (Å²) in [6.07, 6.45) is 5.05. The molecular formula is C20H17N3O3S2. The molecule has 28 heavy (non-hydrogen) atoms. The van der Waals surface area contributed by atoms with Crippen molar-refractivity contribution < 1.29 is 13.2 Å². The molecule has 2 heterocycles. The van der Waals surface area contributed by atoms with Crippen molar-refractivity contribution in [3.05, 3.63) is 71.4 Å². The second-order valence-corrected chi connectivity index (χ2v) is 9.36. The van der Waals surface area contributed by atoms with Crippen molar-refractivity contribution in [2.75, 3.05) is 11.6 Å². The lowest BCUT2D eigenvalue weighted by molar-refractivity contribution is 0.102. The van der Waals surface area contributed by atoms with E-state index in [2.05, 4.69) is 10.3 Å². The molecule has 0 bridgehead atoms. The van der Waals surface area contributed by atoms with Gasteiger partial charge in [0.05, 0.1) is 10.6 Å². The Kier molecular flexibility index (Phi) is 4.52. The first-order valence-corrected chi connectivity index (χ1v) is 11.2. The zero-order valence-electron chi connectivity index (χ0n) is 15.2. The quantitative estimate of drug-likeness (QED) is 0.550. The molecule has 0 unspecified atom stereocenters. The maximum Gasteiger partial charge on any atom is 0.255 e. The molecule has 1 N–H and O–H groups in total. The van der Waals surface area contributed by atoms with E-state index in [0.29, 0.717) is 16.8 Å². The van der Waals surface area contributed by atoms with Gasteiger partial charge in [0.15, 0.2) is 14.8 Å². The van der Waals surface area contributed by atoms with Crippen molar-refractivity contribution in [2.24, 2.45) is 0 Å². The highest BCUT2D eigenvalue weighted by molar-refractivity contribution is 7.90. The number of amides is 1. The van der Waals surface area contributed by atoms with Crippen LogP contribution in [0.2, 0.25) is 0 Å². The molecule has 4 rings (SSSR count). The zero-order chi connectivity index (χ0) is 19.9. The number of benzene rings is 2. The smallest absolute Gasteiger partial charge is 0.255 e. The summed E-state index contributed by atoms with van der Waals surface area (Å²) in [5, 5.41) is 4.78. The Labute approximate surface area is 166 Å². The lowest BCUT2D eigenvalue weighted by Crippen LogP contribution is -2.13.